The van der Waals surface area contributed by atoms with E-state index in [1.54, 1.807) is 6.20 Å². The molecule has 0 aliphatic carbocycles. The van der Waals surface area contributed by atoms with Crippen molar-refractivity contribution >= 4 is 0 Å². The van der Waals surface area contributed by atoms with Gasteiger partial charge in [0.1, 0.15) is 11.6 Å². The van der Waals surface area contributed by atoms with E-state index in [0.29, 0.717) is 6.61 Å². The predicted molar refractivity (Wildman–Crippen MR) is 67.8 cm³/mol. The first kappa shape index (κ1) is 11.7. The minimum absolute atomic E-state index is 0.0774. The third-order valence-corrected chi connectivity index (χ3v) is 2.50. The zero-order chi connectivity index (χ0) is 12.3. The Morgan fingerprint density at radius 1 is 1.35 bits per heavy atom. The topological polar surface area (TPSA) is 63.9 Å². The number of hydrogen-bond donors (Lipinski definition) is 2. The molecule has 1 atom stereocenters. The number of aromatic amines is 1. The standard InChI is InChI=1S/C13H17N3O/c1-3-17-11-6-4-10(5-7-11)12-8-15-13(16-12)9(2)14/h4-9H,3,14H2,1-2H3,(H,15,16). The van der Waals surface area contributed by atoms with Gasteiger partial charge in [-0.05, 0) is 43.7 Å². The maximum absolute atomic E-state index is 5.76. The van der Waals surface area contributed by atoms with E-state index < -0.39 is 0 Å². The Balaban J connectivity index is 2.21. The van der Waals surface area contributed by atoms with Crippen LogP contribution in [0.5, 0.6) is 5.75 Å². The van der Waals surface area contributed by atoms with Gasteiger partial charge in [0.15, 0.2) is 0 Å². The summed E-state index contributed by atoms with van der Waals surface area (Å²) >= 11 is 0. The van der Waals surface area contributed by atoms with E-state index in [-0.39, 0.29) is 6.04 Å². The van der Waals surface area contributed by atoms with Crippen LogP contribution in [-0.4, -0.2) is 16.6 Å². The second-order valence-corrected chi connectivity index (χ2v) is 3.93. The molecule has 1 aromatic carbocycles. The minimum atomic E-state index is -0.0774. The molecule has 1 unspecified atom stereocenters. The molecule has 17 heavy (non-hydrogen) atoms. The molecule has 2 rings (SSSR count). The summed E-state index contributed by atoms with van der Waals surface area (Å²) in [4.78, 5) is 7.44. The van der Waals surface area contributed by atoms with Gasteiger partial charge in [-0.2, -0.15) is 0 Å². The number of nitrogens with two attached hydrogens (primary N) is 1. The molecule has 90 valence electrons. The van der Waals surface area contributed by atoms with Crippen molar-refractivity contribution in [3.63, 3.8) is 0 Å². The first-order valence-corrected chi connectivity index (χ1v) is 5.74. The second-order valence-electron chi connectivity index (χ2n) is 3.93. The van der Waals surface area contributed by atoms with Crippen LogP contribution in [0.15, 0.2) is 30.5 Å². The Hall–Kier alpha value is -1.81. The second kappa shape index (κ2) is 5.01. The molecule has 0 saturated carbocycles. The van der Waals surface area contributed by atoms with E-state index in [1.165, 1.54) is 0 Å². The monoisotopic (exact) mass is 231 g/mol. The summed E-state index contributed by atoms with van der Waals surface area (Å²) in [6.07, 6.45) is 1.80. The number of nitrogens with one attached hydrogen (secondary N) is 1. The van der Waals surface area contributed by atoms with Gasteiger partial charge in [0, 0.05) is 0 Å². The lowest BCUT2D eigenvalue weighted by Gasteiger charge is -2.03. The van der Waals surface area contributed by atoms with Crippen LogP contribution in [-0.2, 0) is 0 Å². The van der Waals surface area contributed by atoms with Gasteiger partial charge in [0.05, 0.1) is 24.5 Å². The van der Waals surface area contributed by atoms with Crippen LogP contribution < -0.4 is 10.5 Å². The molecule has 1 aromatic heterocycles. The fraction of sp³-hybridized carbons (Fsp3) is 0.308. The third kappa shape index (κ3) is 2.65. The first-order valence-electron chi connectivity index (χ1n) is 5.74. The molecule has 0 bridgehead atoms. The number of rotatable bonds is 4. The predicted octanol–water partition coefficient (Wildman–Crippen LogP) is 2.50. The van der Waals surface area contributed by atoms with Gasteiger partial charge in [-0.3, -0.25) is 0 Å². The SMILES string of the molecule is CCOc1ccc(-c2cnc(C(C)N)[nH]2)cc1. The molecule has 4 nitrogen and oxygen atoms in total. The van der Waals surface area contributed by atoms with Gasteiger partial charge in [-0.25, -0.2) is 4.98 Å². The summed E-state index contributed by atoms with van der Waals surface area (Å²) in [6, 6.07) is 7.83. The van der Waals surface area contributed by atoms with Crippen LogP contribution in [0.1, 0.15) is 25.7 Å². The van der Waals surface area contributed by atoms with Crippen molar-refractivity contribution in [3.05, 3.63) is 36.3 Å². The highest BCUT2D eigenvalue weighted by Gasteiger charge is 2.06. The Labute approximate surface area is 101 Å². The Bertz CT molecular complexity index is 474. The van der Waals surface area contributed by atoms with Crippen LogP contribution in [0, 0.1) is 0 Å². The van der Waals surface area contributed by atoms with Crippen molar-refractivity contribution in [2.24, 2.45) is 5.73 Å². The normalized spacial score (nSPS) is 12.4. The Kier molecular flexibility index (Phi) is 3.44. The number of imidazole rings is 1. The Morgan fingerprint density at radius 2 is 2.06 bits per heavy atom. The summed E-state index contributed by atoms with van der Waals surface area (Å²) in [5.41, 5.74) is 7.80. The zero-order valence-electron chi connectivity index (χ0n) is 10.1. The van der Waals surface area contributed by atoms with E-state index in [1.807, 2.05) is 38.1 Å². The third-order valence-electron chi connectivity index (χ3n) is 2.50. The summed E-state index contributed by atoms with van der Waals surface area (Å²) < 4.78 is 5.39. The maximum atomic E-state index is 5.76. The van der Waals surface area contributed by atoms with Crippen molar-refractivity contribution < 1.29 is 4.74 Å². The molecule has 0 radical (unpaired) electrons. The van der Waals surface area contributed by atoms with E-state index >= 15 is 0 Å². The lowest BCUT2D eigenvalue weighted by Crippen LogP contribution is -2.06. The van der Waals surface area contributed by atoms with Crippen molar-refractivity contribution in [2.45, 2.75) is 19.9 Å². The molecule has 2 aromatic rings. The molecule has 0 aliphatic rings. The van der Waals surface area contributed by atoms with Gasteiger partial charge >= 0.3 is 0 Å². The van der Waals surface area contributed by atoms with Crippen LogP contribution >= 0.6 is 0 Å². The Morgan fingerprint density at radius 3 is 2.59 bits per heavy atom. The molecule has 0 spiro atoms. The summed E-state index contributed by atoms with van der Waals surface area (Å²) in [7, 11) is 0. The average Bonchev–Trinajstić information content (AvgIpc) is 2.80. The smallest absolute Gasteiger partial charge is 0.123 e. The number of hydrogen-bond acceptors (Lipinski definition) is 3. The van der Waals surface area contributed by atoms with Crippen LogP contribution in [0.4, 0.5) is 0 Å². The molecule has 0 aliphatic heterocycles. The average molecular weight is 231 g/mol. The quantitative estimate of drug-likeness (QED) is 0.849. The van der Waals surface area contributed by atoms with Gasteiger partial charge in [-0.15, -0.1) is 0 Å². The fourth-order valence-corrected chi connectivity index (χ4v) is 1.61. The van der Waals surface area contributed by atoms with Gasteiger partial charge in [0.25, 0.3) is 0 Å². The summed E-state index contributed by atoms with van der Waals surface area (Å²) in [5.74, 6) is 1.68. The van der Waals surface area contributed by atoms with Crippen LogP contribution in [0.25, 0.3) is 11.3 Å². The van der Waals surface area contributed by atoms with E-state index in [9.17, 15) is 0 Å². The van der Waals surface area contributed by atoms with Crippen molar-refractivity contribution in [1.29, 1.82) is 0 Å². The summed E-state index contributed by atoms with van der Waals surface area (Å²) in [5, 5.41) is 0. The van der Waals surface area contributed by atoms with Crippen LogP contribution in [0.3, 0.4) is 0 Å². The maximum Gasteiger partial charge on any atom is 0.123 e. The number of benzene rings is 1. The zero-order valence-corrected chi connectivity index (χ0v) is 10.1. The lowest BCUT2D eigenvalue weighted by molar-refractivity contribution is 0.340. The molecular weight excluding hydrogens is 214 g/mol. The fourth-order valence-electron chi connectivity index (χ4n) is 1.61. The highest BCUT2D eigenvalue weighted by Crippen LogP contribution is 2.21. The van der Waals surface area contributed by atoms with E-state index in [2.05, 4.69) is 9.97 Å². The molecule has 4 heteroatoms. The highest BCUT2D eigenvalue weighted by atomic mass is 16.5. The molecule has 1 heterocycles. The van der Waals surface area contributed by atoms with Crippen molar-refractivity contribution in [2.75, 3.05) is 6.61 Å². The molecular formula is C13H17N3O. The highest BCUT2D eigenvalue weighted by molar-refractivity contribution is 5.59. The van der Waals surface area contributed by atoms with Crippen molar-refractivity contribution in [3.8, 4) is 17.0 Å². The molecule has 0 amide bonds. The number of ether oxygens (including phenoxy) is 1. The molecule has 0 saturated heterocycles. The first-order chi connectivity index (χ1) is 8.20. The number of nitrogens with zero attached hydrogens (tertiary/aromatic N) is 1. The van der Waals surface area contributed by atoms with Gasteiger partial charge in [-0.1, -0.05) is 0 Å². The summed E-state index contributed by atoms with van der Waals surface area (Å²) in [6.45, 7) is 4.55. The van der Waals surface area contributed by atoms with E-state index in [0.717, 1.165) is 22.8 Å². The van der Waals surface area contributed by atoms with Crippen molar-refractivity contribution in [1.82, 2.24) is 9.97 Å². The van der Waals surface area contributed by atoms with Crippen LogP contribution in [0.2, 0.25) is 0 Å². The molecule has 0 fully saturated rings. The number of H-pyrrole nitrogens is 1. The van der Waals surface area contributed by atoms with Gasteiger partial charge < -0.3 is 15.5 Å². The largest absolute Gasteiger partial charge is 0.494 e. The van der Waals surface area contributed by atoms with E-state index in [4.69, 9.17) is 10.5 Å². The lowest BCUT2D eigenvalue weighted by atomic mass is 10.2. The number of aromatic nitrogens is 2. The molecule has 3 N–H and O–H groups in total. The van der Waals surface area contributed by atoms with Gasteiger partial charge in [0.2, 0.25) is 0 Å². The minimum Gasteiger partial charge on any atom is -0.494 e.